The number of ether oxygens (including phenoxy) is 1. The Kier molecular flexibility index (Phi) is 5.41. The van der Waals surface area contributed by atoms with E-state index in [-0.39, 0.29) is 6.10 Å². The fourth-order valence-electron chi connectivity index (χ4n) is 3.43. The van der Waals surface area contributed by atoms with Gasteiger partial charge in [0.05, 0.1) is 13.2 Å². The van der Waals surface area contributed by atoms with Crippen molar-refractivity contribution >= 4 is 0 Å². The molecule has 2 rings (SSSR count). The number of methoxy groups -OCH3 is 1. The van der Waals surface area contributed by atoms with Crippen molar-refractivity contribution in [1.29, 1.82) is 0 Å². The van der Waals surface area contributed by atoms with Gasteiger partial charge in [0, 0.05) is 23.5 Å². The molecule has 1 aromatic rings. The Morgan fingerprint density at radius 1 is 1.35 bits per heavy atom. The summed E-state index contributed by atoms with van der Waals surface area (Å²) in [7, 11) is 1.69. The molecule has 1 N–H and O–H groups in total. The Labute approximate surface area is 122 Å². The van der Waals surface area contributed by atoms with Gasteiger partial charge in [0.25, 0.3) is 0 Å². The minimum atomic E-state index is -0.170. The average molecular weight is 277 g/mol. The van der Waals surface area contributed by atoms with Crippen molar-refractivity contribution in [1.82, 2.24) is 4.98 Å². The lowest BCUT2D eigenvalue weighted by atomic mass is 9.76. The molecule has 0 aromatic carbocycles. The molecule has 112 valence electrons. The summed E-state index contributed by atoms with van der Waals surface area (Å²) >= 11 is 0. The van der Waals surface area contributed by atoms with Crippen LogP contribution in [-0.4, -0.2) is 23.3 Å². The molecule has 1 saturated carbocycles. The van der Waals surface area contributed by atoms with Crippen molar-refractivity contribution in [3.63, 3.8) is 0 Å². The van der Waals surface area contributed by atoms with Crippen LogP contribution in [0.25, 0.3) is 0 Å². The fourth-order valence-corrected chi connectivity index (χ4v) is 3.43. The Balaban J connectivity index is 2.05. The lowest BCUT2D eigenvalue weighted by molar-refractivity contribution is 0.0458. The summed E-state index contributed by atoms with van der Waals surface area (Å²) < 4.78 is 5.31. The van der Waals surface area contributed by atoms with E-state index in [1.165, 1.54) is 19.3 Å². The maximum absolute atomic E-state index is 10.3. The molecule has 3 atom stereocenters. The number of hydrogen-bond donors (Lipinski definition) is 1. The molecule has 0 saturated heterocycles. The Bertz CT molecular complexity index is 433. The smallest absolute Gasteiger partial charge is 0.122 e. The number of rotatable bonds is 5. The number of aliphatic hydroxyl groups excluding tert-OH is 1. The fraction of sp³-hybridized carbons (Fsp3) is 0.706. The minimum absolute atomic E-state index is 0.170. The molecule has 1 aliphatic carbocycles. The van der Waals surface area contributed by atoms with Gasteiger partial charge in [-0.2, -0.15) is 0 Å². The molecule has 20 heavy (non-hydrogen) atoms. The van der Waals surface area contributed by atoms with Gasteiger partial charge in [-0.1, -0.05) is 19.8 Å². The largest absolute Gasteiger partial charge is 0.497 e. The first kappa shape index (κ1) is 15.3. The lowest BCUT2D eigenvalue weighted by Gasteiger charge is -2.33. The van der Waals surface area contributed by atoms with Gasteiger partial charge < -0.3 is 9.84 Å². The summed E-state index contributed by atoms with van der Waals surface area (Å²) in [5.74, 6) is 1.99. The van der Waals surface area contributed by atoms with Gasteiger partial charge in [0.15, 0.2) is 0 Å². The molecular formula is C17H27NO2. The van der Waals surface area contributed by atoms with Gasteiger partial charge in [-0.3, -0.25) is 4.98 Å². The third-order valence-corrected chi connectivity index (χ3v) is 4.43. The van der Waals surface area contributed by atoms with Crippen LogP contribution in [0.2, 0.25) is 0 Å². The van der Waals surface area contributed by atoms with Crippen LogP contribution < -0.4 is 4.74 Å². The molecule has 0 spiro atoms. The van der Waals surface area contributed by atoms with Crippen molar-refractivity contribution in [2.75, 3.05) is 7.11 Å². The van der Waals surface area contributed by atoms with Gasteiger partial charge >= 0.3 is 0 Å². The lowest BCUT2D eigenvalue weighted by Crippen LogP contribution is -2.30. The van der Waals surface area contributed by atoms with Crippen LogP contribution in [0.5, 0.6) is 5.75 Å². The van der Waals surface area contributed by atoms with Gasteiger partial charge in [-0.05, 0) is 44.4 Å². The van der Waals surface area contributed by atoms with Gasteiger partial charge in [0.2, 0.25) is 0 Å². The molecule has 1 aliphatic rings. The molecule has 1 heterocycles. The van der Waals surface area contributed by atoms with Crippen molar-refractivity contribution in [3.8, 4) is 5.75 Å². The number of pyridine rings is 1. The highest BCUT2D eigenvalue weighted by molar-refractivity contribution is 5.27. The molecule has 3 heteroatoms. The van der Waals surface area contributed by atoms with E-state index in [1.807, 2.05) is 19.1 Å². The van der Waals surface area contributed by atoms with Gasteiger partial charge in [-0.25, -0.2) is 0 Å². The molecule has 3 nitrogen and oxygen atoms in total. The monoisotopic (exact) mass is 277 g/mol. The number of aromatic nitrogens is 1. The molecule has 1 aromatic heterocycles. The predicted octanol–water partition coefficient (Wildman–Crippen LogP) is 3.52. The third-order valence-electron chi connectivity index (χ3n) is 4.43. The van der Waals surface area contributed by atoms with E-state index in [9.17, 15) is 5.11 Å². The summed E-state index contributed by atoms with van der Waals surface area (Å²) in [6, 6.07) is 3.95. The Morgan fingerprint density at radius 2 is 2.15 bits per heavy atom. The van der Waals surface area contributed by atoms with E-state index in [2.05, 4.69) is 11.9 Å². The van der Waals surface area contributed by atoms with E-state index in [4.69, 9.17) is 4.74 Å². The SMILES string of the molecule is CCCC1CCC(O)C(Cc2cc(OC)cc(C)n2)C1. The third kappa shape index (κ3) is 3.95. The van der Waals surface area contributed by atoms with Crippen LogP contribution in [0.15, 0.2) is 12.1 Å². The molecule has 0 radical (unpaired) electrons. The molecule has 3 unspecified atom stereocenters. The zero-order valence-electron chi connectivity index (χ0n) is 12.9. The number of aliphatic hydroxyl groups is 1. The summed E-state index contributed by atoms with van der Waals surface area (Å²) in [5, 5.41) is 10.3. The average Bonchev–Trinajstić information content (AvgIpc) is 2.42. The van der Waals surface area contributed by atoms with E-state index < -0.39 is 0 Å². The van der Waals surface area contributed by atoms with Crippen molar-refractivity contribution in [3.05, 3.63) is 23.5 Å². The summed E-state index contributed by atoms with van der Waals surface area (Å²) in [5.41, 5.74) is 2.03. The zero-order chi connectivity index (χ0) is 14.5. The standard InChI is InChI=1S/C17H27NO2/c1-4-5-13-6-7-17(19)14(9-13)10-15-11-16(20-3)8-12(2)18-15/h8,11,13-14,17,19H,4-7,9-10H2,1-3H3. The van der Waals surface area contributed by atoms with Crippen molar-refractivity contribution in [2.24, 2.45) is 11.8 Å². The number of hydrogen-bond acceptors (Lipinski definition) is 3. The molecular weight excluding hydrogens is 250 g/mol. The Hall–Kier alpha value is -1.09. The van der Waals surface area contributed by atoms with Crippen LogP contribution in [0, 0.1) is 18.8 Å². The van der Waals surface area contributed by atoms with Crippen LogP contribution in [0.3, 0.4) is 0 Å². The highest BCUT2D eigenvalue weighted by Crippen LogP contribution is 2.34. The van der Waals surface area contributed by atoms with E-state index in [0.717, 1.165) is 42.3 Å². The first-order chi connectivity index (χ1) is 9.62. The molecule has 0 aliphatic heterocycles. The van der Waals surface area contributed by atoms with Crippen LogP contribution in [0.1, 0.15) is 50.4 Å². The number of aryl methyl sites for hydroxylation is 1. The first-order valence-electron chi connectivity index (χ1n) is 7.82. The highest BCUT2D eigenvalue weighted by atomic mass is 16.5. The van der Waals surface area contributed by atoms with Crippen LogP contribution in [-0.2, 0) is 6.42 Å². The first-order valence-corrected chi connectivity index (χ1v) is 7.82. The van der Waals surface area contributed by atoms with Gasteiger partial charge in [-0.15, -0.1) is 0 Å². The quantitative estimate of drug-likeness (QED) is 0.895. The summed E-state index contributed by atoms with van der Waals surface area (Å²) in [6.07, 6.45) is 6.47. The second kappa shape index (κ2) is 7.07. The Morgan fingerprint density at radius 3 is 2.85 bits per heavy atom. The maximum Gasteiger partial charge on any atom is 0.122 e. The normalized spacial score (nSPS) is 26.5. The second-order valence-corrected chi connectivity index (χ2v) is 6.14. The van der Waals surface area contributed by atoms with Crippen molar-refractivity contribution in [2.45, 2.75) is 58.5 Å². The highest BCUT2D eigenvalue weighted by Gasteiger charge is 2.29. The van der Waals surface area contributed by atoms with Crippen LogP contribution in [0.4, 0.5) is 0 Å². The molecule has 0 amide bonds. The second-order valence-electron chi connectivity index (χ2n) is 6.14. The van der Waals surface area contributed by atoms with E-state index in [0.29, 0.717) is 5.92 Å². The van der Waals surface area contributed by atoms with Gasteiger partial charge in [0.1, 0.15) is 5.75 Å². The zero-order valence-corrected chi connectivity index (χ0v) is 12.9. The van der Waals surface area contributed by atoms with E-state index >= 15 is 0 Å². The predicted molar refractivity (Wildman–Crippen MR) is 81.0 cm³/mol. The topological polar surface area (TPSA) is 42.4 Å². The molecule has 1 fully saturated rings. The maximum atomic E-state index is 10.3. The molecule has 0 bridgehead atoms. The number of nitrogens with zero attached hydrogens (tertiary/aromatic N) is 1. The summed E-state index contributed by atoms with van der Waals surface area (Å²) in [6.45, 7) is 4.23. The minimum Gasteiger partial charge on any atom is -0.497 e. The van der Waals surface area contributed by atoms with Crippen LogP contribution >= 0.6 is 0 Å². The van der Waals surface area contributed by atoms with E-state index in [1.54, 1.807) is 7.11 Å². The summed E-state index contributed by atoms with van der Waals surface area (Å²) in [4.78, 5) is 4.59. The van der Waals surface area contributed by atoms with Crippen molar-refractivity contribution < 1.29 is 9.84 Å².